The maximum absolute atomic E-state index is 15.1. The van der Waals surface area contributed by atoms with E-state index in [-0.39, 0.29) is 70.8 Å². The summed E-state index contributed by atoms with van der Waals surface area (Å²) in [7, 11) is 2.69. The number of amides is 1. The molecule has 0 atom stereocenters. The summed E-state index contributed by atoms with van der Waals surface area (Å²) in [5, 5.41) is 17.8. The van der Waals surface area contributed by atoms with E-state index >= 15 is 4.39 Å². The number of Topliss-reactive ketones (excluding diaryl/α,β-unsaturated/α-hetero) is 1. The van der Waals surface area contributed by atoms with Gasteiger partial charge in [-0.15, -0.1) is 17.0 Å². The number of anilines is 1. The lowest BCUT2D eigenvalue weighted by Gasteiger charge is -2.33. The molecule has 1 amide bonds. The van der Waals surface area contributed by atoms with Crippen LogP contribution in [0, 0.1) is 11.2 Å². The van der Waals surface area contributed by atoms with Crippen molar-refractivity contribution in [3.63, 3.8) is 0 Å². The van der Waals surface area contributed by atoms with Crippen LogP contribution in [0.25, 0.3) is 0 Å². The zero-order valence-corrected chi connectivity index (χ0v) is 23.4. The van der Waals surface area contributed by atoms with E-state index in [2.05, 4.69) is 0 Å². The van der Waals surface area contributed by atoms with Crippen molar-refractivity contribution in [2.24, 2.45) is 0 Å². The van der Waals surface area contributed by atoms with Crippen molar-refractivity contribution in [3.05, 3.63) is 46.3 Å². The van der Waals surface area contributed by atoms with Crippen molar-refractivity contribution >= 4 is 46.2 Å². The number of ether oxygens (including phenoxy) is 3. The van der Waals surface area contributed by atoms with E-state index in [9.17, 15) is 19.5 Å². The molecule has 0 saturated heterocycles. The van der Waals surface area contributed by atoms with Gasteiger partial charge < -0.3 is 24.2 Å². The molecule has 0 aliphatic carbocycles. The monoisotopic (exact) mass is 593 g/mol. The molecule has 4 rings (SSSR count). The van der Waals surface area contributed by atoms with Gasteiger partial charge >= 0.3 is 5.97 Å². The fourth-order valence-electron chi connectivity index (χ4n) is 4.56. The summed E-state index contributed by atoms with van der Waals surface area (Å²) in [6.45, 7) is 4.72. The number of carbonyl (C=O) groups is 3. The molecule has 2 aliphatic rings. The predicted octanol–water partition coefficient (Wildman–Crippen LogP) is 3.55. The molecule has 0 radical (unpaired) electrons. The number of carbonyl (C=O) groups excluding carboxylic acids is 2. The Morgan fingerprint density at radius 2 is 1.84 bits per heavy atom. The first-order valence-electron chi connectivity index (χ1n) is 11.5. The normalized spacial score (nSPS) is 14.4. The average Bonchev–Trinajstić information content (AvgIpc) is 3.14. The van der Waals surface area contributed by atoms with Gasteiger partial charge in [0.2, 0.25) is 0 Å². The number of nitrogens with zero attached hydrogens (tertiary/aromatic N) is 2. The number of ketones is 1. The summed E-state index contributed by atoms with van der Waals surface area (Å²) in [6, 6.07) is 4.68. The van der Waals surface area contributed by atoms with Gasteiger partial charge in [0.15, 0.2) is 29.7 Å². The molecule has 204 valence electrons. The Balaban J connectivity index is 0.00000400. The molecule has 38 heavy (non-hydrogen) atoms. The highest BCUT2D eigenvalue weighted by Crippen LogP contribution is 2.43. The molecule has 0 fully saturated rings. The highest BCUT2D eigenvalue weighted by atomic mass is 79.9. The minimum absolute atomic E-state index is 0. The number of carboxylic acid groups (broad SMARTS) is 1. The highest BCUT2D eigenvalue weighted by Gasteiger charge is 2.36. The molecule has 0 unspecified atom stereocenters. The van der Waals surface area contributed by atoms with E-state index in [0.717, 1.165) is 4.90 Å². The molecule has 10 nitrogen and oxygen atoms in total. The van der Waals surface area contributed by atoms with Gasteiger partial charge in [0, 0.05) is 17.7 Å². The minimum atomic E-state index is -1.20. The number of aliphatic carboxylic acids is 1. The van der Waals surface area contributed by atoms with Crippen molar-refractivity contribution in [2.45, 2.75) is 32.7 Å². The average molecular weight is 594 g/mol. The van der Waals surface area contributed by atoms with Crippen molar-refractivity contribution < 1.29 is 38.1 Å². The second kappa shape index (κ2) is 10.6. The molecule has 0 aromatic heterocycles. The van der Waals surface area contributed by atoms with Crippen molar-refractivity contribution in [1.82, 2.24) is 4.90 Å². The van der Waals surface area contributed by atoms with Crippen LogP contribution in [0.4, 0.5) is 10.1 Å². The summed E-state index contributed by atoms with van der Waals surface area (Å²) >= 11 is 0. The first-order valence-corrected chi connectivity index (χ1v) is 11.5. The summed E-state index contributed by atoms with van der Waals surface area (Å²) < 4.78 is 31.1. The number of carboxylic acids is 1. The number of rotatable bonds is 7. The topological polar surface area (TPSA) is 129 Å². The van der Waals surface area contributed by atoms with E-state index in [1.54, 1.807) is 12.1 Å². The quantitative estimate of drug-likeness (QED) is 0.466. The second-order valence-corrected chi connectivity index (χ2v) is 9.87. The minimum Gasteiger partial charge on any atom is -0.493 e. The maximum atomic E-state index is 15.1. The zero-order valence-electron chi connectivity index (χ0n) is 21.6. The summed E-state index contributed by atoms with van der Waals surface area (Å²) in [6.07, 6.45) is 0. The third-order valence-electron chi connectivity index (χ3n) is 6.37. The largest absolute Gasteiger partial charge is 0.493 e. The van der Waals surface area contributed by atoms with Crippen LogP contribution in [0.15, 0.2) is 18.2 Å². The number of benzene rings is 2. The third-order valence-corrected chi connectivity index (χ3v) is 6.37. The van der Waals surface area contributed by atoms with E-state index in [0.29, 0.717) is 16.9 Å². The van der Waals surface area contributed by atoms with Crippen LogP contribution in [-0.4, -0.2) is 67.4 Å². The van der Waals surface area contributed by atoms with Crippen LogP contribution in [0.3, 0.4) is 0 Å². The Morgan fingerprint density at radius 1 is 1.16 bits per heavy atom. The molecule has 2 aromatic rings. The third kappa shape index (κ3) is 5.04. The Bertz CT molecular complexity index is 1340. The molecule has 0 saturated carbocycles. The number of hydrogen-bond donors (Lipinski definition) is 2. The summed E-state index contributed by atoms with van der Waals surface area (Å²) in [5.74, 6) is -2.60. The number of halogens is 2. The van der Waals surface area contributed by atoms with Crippen molar-refractivity contribution in [1.29, 1.82) is 5.41 Å². The van der Waals surface area contributed by atoms with Gasteiger partial charge in [-0.25, -0.2) is 4.39 Å². The van der Waals surface area contributed by atoms with Crippen molar-refractivity contribution in [2.75, 3.05) is 38.8 Å². The lowest BCUT2D eigenvalue weighted by Crippen LogP contribution is -2.42. The molecular weight excluding hydrogens is 565 g/mol. The molecule has 2 heterocycles. The Kier molecular flexibility index (Phi) is 8.06. The standard InChI is InChI=1S/C26H28FN3O7.BrH/c1-26(2,3)15-6-13(7-16-23(15)37-12-19(32)30(16)11-20(33)34)17(31)10-29-9-14-8-18(35-4)24(36-5)22(27)21(14)25(29)28;/h6-8,28H,9-12H2,1-5H3,(H,33,34);1H. The smallest absolute Gasteiger partial charge is 0.323 e. The molecule has 2 aromatic carbocycles. The van der Waals surface area contributed by atoms with Crippen LogP contribution in [0.5, 0.6) is 17.2 Å². The van der Waals surface area contributed by atoms with E-state index in [4.69, 9.17) is 19.6 Å². The molecule has 0 bridgehead atoms. The molecule has 2 N–H and O–H groups in total. The van der Waals surface area contributed by atoms with Crippen LogP contribution in [0.2, 0.25) is 0 Å². The van der Waals surface area contributed by atoms with E-state index in [1.165, 1.54) is 25.2 Å². The van der Waals surface area contributed by atoms with Gasteiger partial charge in [-0.05, 0) is 29.2 Å². The fourth-order valence-corrected chi connectivity index (χ4v) is 4.56. The Hall–Kier alpha value is -3.67. The predicted molar refractivity (Wildman–Crippen MR) is 142 cm³/mol. The molecule has 12 heteroatoms. The maximum Gasteiger partial charge on any atom is 0.323 e. The number of amidine groups is 1. The SMILES string of the molecule is Br.COc1cc2c(c(F)c1OC)C(=N)N(CC(=O)c1cc3c(c(C(C)(C)C)c1)OCC(=O)N3CC(=O)O)C2. The fraction of sp³-hybridized carbons (Fsp3) is 0.385. The number of nitrogens with one attached hydrogen (secondary N) is 1. The molecule has 0 spiro atoms. The second-order valence-electron chi connectivity index (χ2n) is 9.87. The number of hydrogen-bond acceptors (Lipinski definition) is 7. The van der Waals surface area contributed by atoms with Gasteiger partial charge in [0.05, 0.1) is 32.0 Å². The van der Waals surface area contributed by atoms with Crippen LogP contribution >= 0.6 is 17.0 Å². The zero-order chi connectivity index (χ0) is 27.2. The highest BCUT2D eigenvalue weighted by molar-refractivity contribution is 8.93. The van der Waals surface area contributed by atoms with Gasteiger partial charge in [-0.2, -0.15) is 0 Å². The van der Waals surface area contributed by atoms with E-state index in [1.807, 2.05) is 20.8 Å². The van der Waals surface area contributed by atoms with Gasteiger partial charge in [-0.1, -0.05) is 20.8 Å². The van der Waals surface area contributed by atoms with Crippen LogP contribution in [0.1, 0.15) is 47.8 Å². The van der Waals surface area contributed by atoms with Gasteiger partial charge in [-0.3, -0.25) is 24.7 Å². The van der Waals surface area contributed by atoms with Crippen LogP contribution < -0.4 is 19.1 Å². The molecular formula is C26H29BrFN3O7. The van der Waals surface area contributed by atoms with Gasteiger partial charge in [0.1, 0.15) is 18.1 Å². The lowest BCUT2D eigenvalue weighted by molar-refractivity contribution is -0.137. The Morgan fingerprint density at radius 3 is 2.42 bits per heavy atom. The Labute approximate surface area is 229 Å². The number of fused-ring (bicyclic) bond motifs is 2. The van der Waals surface area contributed by atoms with E-state index < -0.39 is 35.4 Å². The van der Waals surface area contributed by atoms with Crippen LogP contribution in [-0.2, 0) is 21.5 Å². The first kappa shape index (κ1) is 28.9. The first-order chi connectivity index (χ1) is 17.4. The van der Waals surface area contributed by atoms with Crippen molar-refractivity contribution in [3.8, 4) is 17.2 Å². The molecule has 2 aliphatic heterocycles. The number of methoxy groups -OCH3 is 2. The summed E-state index contributed by atoms with van der Waals surface area (Å²) in [5.41, 5.74) is 1.09. The lowest BCUT2D eigenvalue weighted by atomic mass is 9.84. The summed E-state index contributed by atoms with van der Waals surface area (Å²) in [4.78, 5) is 39.9. The van der Waals surface area contributed by atoms with Gasteiger partial charge in [0.25, 0.3) is 5.91 Å².